The Kier molecular flexibility index (Phi) is 4.12. The van der Waals surface area contributed by atoms with Crippen molar-refractivity contribution in [1.82, 2.24) is 0 Å². The summed E-state index contributed by atoms with van der Waals surface area (Å²) in [5, 5.41) is 0.322. The summed E-state index contributed by atoms with van der Waals surface area (Å²) in [6.45, 7) is 3.89. The molecule has 0 atom stereocenters. The average molecular weight is 281 g/mol. The standard InChI is InChI=1S/C14H13ClO4/c1-3-17-14(16)11-8-18-12(9(11)2)6-4-10-5-7-13(15)19-10/h4-8H,3H2,1-2H3/b6-4+. The lowest BCUT2D eigenvalue weighted by atomic mass is 10.1. The molecule has 19 heavy (non-hydrogen) atoms. The van der Waals surface area contributed by atoms with Crippen LogP contribution in [0.25, 0.3) is 12.2 Å². The van der Waals surface area contributed by atoms with Crippen LogP contribution in [-0.2, 0) is 4.74 Å². The molecule has 0 aliphatic rings. The van der Waals surface area contributed by atoms with Crippen LogP contribution >= 0.6 is 11.6 Å². The Hall–Kier alpha value is -1.94. The lowest BCUT2D eigenvalue weighted by Gasteiger charge is -1.98. The monoisotopic (exact) mass is 280 g/mol. The summed E-state index contributed by atoms with van der Waals surface area (Å²) in [7, 11) is 0. The van der Waals surface area contributed by atoms with E-state index in [4.69, 9.17) is 25.2 Å². The highest BCUT2D eigenvalue weighted by atomic mass is 35.5. The first-order valence-corrected chi connectivity index (χ1v) is 6.18. The van der Waals surface area contributed by atoms with Crippen molar-refractivity contribution in [3.05, 3.63) is 46.3 Å². The number of hydrogen-bond acceptors (Lipinski definition) is 4. The van der Waals surface area contributed by atoms with Crippen LogP contribution in [0.2, 0.25) is 5.22 Å². The fourth-order valence-electron chi connectivity index (χ4n) is 1.58. The Morgan fingerprint density at radius 1 is 1.42 bits per heavy atom. The smallest absolute Gasteiger partial charge is 0.341 e. The van der Waals surface area contributed by atoms with Gasteiger partial charge in [0.1, 0.15) is 23.3 Å². The Morgan fingerprint density at radius 3 is 2.84 bits per heavy atom. The van der Waals surface area contributed by atoms with Crippen LogP contribution < -0.4 is 0 Å². The molecular formula is C14H13ClO4. The normalized spacial score (nSPS) is 11.1. The topological polar surface area (TPSA) is 52.6 Å². The van der Waals surface area contributed by atoms with E-state index >= 15 is 0 Å². The highest BCUT2D eigenvalue weighted by molar-refractivity contribution is 6.28. The number of esters is 1. The van der Waals surface area contributed by atoms with Gasteiger partial charge in [0.25, 0.3) is 0 Å². The van der Waals surface area contributed by atoms with Crippen molar-refractivity contribution in [3.8, 4) is 0 Å². The number of carbonyl (C=O) groups excluding carboxylic acids is 1. The van der Waals surface area contributed by atoms with E-state index in [1.807, 2.05) is 0 Å². The molecule has 0 amide bonds. The van der Waals surface area contributed by atoms with Gasteiger partial charge in [0.15, 0.2) is 5.22 Å². The van der Waals surface area contributed by atoms with Gasteiger partial charge in [-0.2, -0.15) is 0 Å². The Balaban J connectivity index is 2.18. The van der Waals surface area contributed by atoms with Gasteiger partial charge in [-0.15, -0.1) is 0 Å². The van der Waals surface area contributed by atoms with Gasteiger partial charge in [-0.05, 0) is 49.7 Å². The molecule has 0 bridgehead atoms. The van der Waals surface area contributed by atoms with Crippen molar-refractivity contribution in [2.24, 2.45) is 0 Å². The van der Waals surface area contributed by atoms with Crippen molar-refractivity contribution < 1.29 is 18.4 Å². The summed E-state index contributed by atoms with van der Waals surface area (Å²) < 4.78 is 15.4. The van der Waals surface area contributed by atoms with Gasteiger partial charge in [0.2, 0.25) is 0 Å². The summed E-state index contributed by atoms with van der Waals surface area (Å²) in [5.74, 6) is 0.804. The predicted molar refractivity (Wildman–Crippen MR) is 72.0 cm³/mol. The molecule has 0 unspecified atom stereocenters. The largest absolute Gasteiger partial charge is 0.464 e. The van der Waals surface area contributed by atoms with Crippen LogP contribution in [0.5, 0.6) is 0 Å². The number of furan rings is 2. The minimum absolute atomic E-state index is 0.322. The zero-order chi connectivity index (χ0) is 13.8. The minimum atomic E-state index is -0.385. The lowest BCUT2D eigenvalue weighted by Crippen LogP contribution is -2.04. The summed E-state index contributed by atoms with van der Waals surface area (Å²) in [4.78, 5) is 11.6. The lowest BCUT2D eigenvalue weighted by molar-refractivity contribution is 0.0525. The molecule has 0 N–H and O–H groups in total. The fraction of sp³-hybridized carbons (Fsp3) is 0.214. The zero-order valence-corrected chi connectivity index (χ0v) is 11.4. The number of hydrogen-bond donors (Lipinski definition) is 0. The second kappa shape index (κ2) is 5.80. The molecule has 0 aliphatic carbocycles. The number of ether oxygens (including phenoxy) is 1. The molecule has 0 aromatic carbocycles. The third-order valence-electron chi connectivity index (χ3n) is 2.57. The average Bonchev–Trinajstić information content (AvgIpc) is 2.94. The molecule has 0 radical (unpaired) electrons. The van der Waals surface area contributed by atoms with E-state index in [-0.39, 0.29) is 5.97 Å². The summed E-state index contributed by atoms with van der Waals surface area (Å²) in [6, 6.07) is 3.39. The van der Waals surface area contributed by atoms with Crippen LogP contribution in [0, 0.1) is 6.92 Å². The first-order valence-electron chi connectivity index (χ1n) is 5.80. The van der Waals surface area contributed by atoms with Crippen LogP contribution in [0.4, 0.5) is 0 Å². The second-order valence-corrected chi connectivity index (χ2v) is 4.21. The van der Waals surface area contributed by atoms with E-state index in [0.717, 1.165) is 5.56 Å². The number of rotatable bonds is 4. The molecule has 2 rings (SSSR count). The first-order chi connectivity index (χ1) is 9.11. The summed E-state index contributed by atoms with van der Waals surface area (Å²) >= 11 is 5.67. The quantitative estimate of drug-likeness (QED) is 0.788. The van der Waals surface area contributed by atoms with Crippen molar-refractivity contribution in [3.63, 3.8) is 0 Å². The van der Waals surface area contributed by atoms with Gasteiger partial charge >= 0.3 is 5.97 Å². The van der Waals surface area contributed by atoms with Crippen molar-refractivity contribution in [2.45, 2.75) is 13.8 Å². The maximum Gasteiger partial charge on any atom is 0.341 e. The second-order valence-electron chi connectivity index (χ2n) is 3.83. The molecule has 0 saturated heterocycles. The van der Waals surface area contributed by atoms with Crippen molar-refractivity contribution >= 4 is 29.7 Å². The van der Waals surface area contributed by atoms with E-state index in [9.17, 15) is 4.79 Å². The highest BCUT2D eigenvalue weighted by Gasteiger charge is 2.15. The van der Waals surface area contributed by atoms with Crippen molar-refractivity contribution in [1.29, 1.82) is 0 Å². The molecule has 5 heteroatoms. The minimum Gasteiger partial charge on any atom is -0.464 e. The van der Waals surface area contributed by atoms with Gasteiger partial charge in [0, 0.05) is 5.56 Å². The van der Waals surface area contributed by atoms with E-state index < -0.39 is 0 Å². The van der Waals surface area contributed by atoms with Crippen LogP contribution in [0.1, 0.15) is 34.4 Å². The molecule has 0 spiro atoms. The van der Waals surface area contributed by atoms with E-state index in [0.29, 0.717) is 28.9 Å². The number of carbonyl (C=O) groups is 1. The molecule has 2 heterocycles. The molecule has 100 valence electrons. The maximum atomic E-state index is 11.6. The molecule has 4 nitrogen and oxygen atoms in total. The van der Waals surface area contributed by atoms with Gasteiger partial charge in [-0.3, -0.25) is 0 Å². The zero-order valence-electron chi connectivity index (χ0n) is 10.6. The Labute approximate surface area is 115 Å². The summed E-state index contributed by atoms with van der Waals surface area (Å²) in [6.07, 6.45) is 4.82. The van der Waals surface area contributed by atoms with Gasteiger partial charge in [-0.25, -0.2) is 4.79 Å². The van der Waals surface area contributed by atoms with E-state index in [2.05, 4.69) is 0 Å². The molecule has 2 aromatic rings. The highest BCUT2D eigenvalue weighted by Crippen LogP contribution is 2.21. The Morgan fingerprint density at radius 2 is 2.21 bits per heavy atom. The van der Waals surface area contributed by atoms with Gasteiger partial charge < -0.3 is 13.6 Å². The molecule has 2 aromatic heterocycles. The SMILES string of the molecule is CCOC(=O)c1coc(/C=C/c2ccc(Cl)o2)c1C. The van der Waals surface area contributed by atoms with Gasteiger partial charge in [0.05, 0.1) is 6.61 Å². The molecular weight excluding hydrogens is 268 g/mol. The van der Waals surface area contributed by atoms with Crippen LogP contribution in [0.15, 0.2) is 27.2 Å². The van der Waals surface area contributed by atoms with E-state index in [1.54, 1.807) is 38.1 Å². The maximum absolute atomic E-state index is 11.6. The fourth-order valence-corrected chi connectivity index (χ4v) is 1.73. The molecule has 0 saturated carbocycles. The molecule has 0 fully saturated rings. The third-order valence-corrected chi connectivity index (χ3v) is 2.77. The first kappa shape index (κ1) is 13.5. The van der Waals surface area contributed by atoms with Crippen LogP contribution in [-0.4, -0.2) is 12.6 Å². The molecule has 0 aliphatic heterocycles. The predicted octanol–water partition coefficient (Wildman–Crippen LogP) is 4.18. The third kappa shape index (κ3) is 3.09. The summed E-state index contributed by atoms with van der Waals surface area (Å²) in [5.41, 5.74) is 1.16. The van der Waals surface area contributed by atoms with Gasteiger partial charge in [-0.1, -0.05) is 0 Å². The number of halogens is 1. The van der Waals surface area contributed by atoms with E-state index in [1.165, 1.54) is 6.26 Å². The Bertz CT molecular complexity index is 607. The van der Waals surface area contributed by atoms with Crippen molar-refractivity contribution in [2.75, 3.05) is 6.61 Å². The van der Waals surface area contributed by atoms with Crippen LogP contribution in [0.3, 0.4) is 0 Å².